The second-order valence-electron chi connectivity index (χ2n) is 12.0. The van der Waals surface area contributed by atoms with Crippen molar-refractivity contribution in [2.75, 3.05) is 32.8 Å². The number of carboxylic acids is 1. The van der Waals surface area contributed by atoms with E-state index in [-0.39, 0.29) is 5.60 Å². The number of amidine groups is 1. The normalized spacial score (nSPS) is 22.1. The van der Waals surface area contributed by atoms with Crippen LogP contribution in [0.1, 0.15) is 68.6 Å². The summed E-state index contributed by atoms with van der Waals surface area (Å²) in [6.07, 6.45) is 4.58. The molecule has 1 saturated carbocycles. The van der Waals surface area contributed by atoms with E-state index in [2.05, 4.69) is 65.2 Å². The van der Waals surface area contributed by atoms with E-state index in [0.717, 1.165) is 50.7 Å². The van der Waals surface area contributed by atoms with Crippen molar-refractivity contribution >= 4 is 11.8 Å². The van der Waals surface area contributed by atoms with Crippen LogP contribution in [0.15, 0.2) is 41.6 Å². The summed E-state index contributed by atoms with van der Waals surface area (Å²) in [6.45, 7) is 10.8. The third-order valence-corrected chi connectivity index (χ3v) is 8.93. The number of oxime groups is 1. The molecule has 2 aromatic rings. The number of hydrogen-bond acceptors (Lipinski definition) is 6. The molecule has 1 spiro atoms. The maximum atomic E-state index is 11.6. The molecule has 6 rings (SSSR count). The van der Waals surface area contributed by atoms with Gasteiger partial charge in [-0.25, -0.2) is 0 Å². The first-order chi connectivity index (χ1) is 18.3. The first-order valence-corrected chi connectivity index (χ1v) is 14.1. The van der Waals surface area contributed by atoms with Gasteiger partial charge in [-0.2, -0.15) is 0 Å². The SMILES string of the molecule is CCOc1cc(CN2CC3(CC(N4CCC(C)(C(=O)O)CC4)=NO3)C2)cc(C2CC2)c1-c1ccccc1C. The minimum atomic E-state index is -0.697. The molecule has 38 heavy (non-hydrogen) atoms. The largest absolute Gasteiger partial charge is 0.493 e. The van der Waals surface area contributed by atoms with Gasteiger partial charge in [-0.1, -0.05) is 35.5 Å². The van der Waals surface area contributed by atoms with Gasteiger partial charge in [-0.15, -0.1) is 0 Å². The summed E-state index contributed by atoms with van der Waals surface area (Å²) in [5.41, 5.74) is 5.68. The smallest absolute Gasteiger partial charge is 0.309 e. The fourth-order valence-corrected chi connectivity index (χ4v) is 6.37. The predicted octanol–water partition coefficient (Wildman–Crippen LogP) is 5.41. The van der Waals surface area contributed by atoms with E-state index in [0.29, 0.717) is 25.4 Å². The fraction of sp³-hybridized carbons (Fsp3) is 0.548. The number of piperidine rings is 1. The molecule has 1 N–H and O–H groups in total. The molecular weight excluding hydrogens is 478 g/mol. The molecule has 7 heteroatoms. The van der Waals surface area contributed by atoms with Crippen molar-refractivity contribution < 1.29 is 19.5 Å². The zero-order chi connectivity index (χ0) is 26.5. The van der Waals surface area contributed by atoms with Crippen molar-refractivity contribution in [3.8, 4) is 16.9 Å². The minimum Gasteiger partial charge on any atom is -0.493 e. The zero-order valence-electron chi connectivity index (χ0n) is 22.8. The molecule has 2 saturated heterocycles. The Bertz CT molecular complexity index is 1250. The lowest BCUT2D eigenvalue weighted by Crippen LogP contribution is -2.61. The van der Waals surface area contributed by atoms with Gasteiger partial charge in [0.05, 0.1) is 18.4 Å². The molecule has 7 nitrogen and oxygen atoms in total. The van der Waals surface area contributed by atoms with Crippen LogP contribution in [0.25, 0.3) is 11.1 Å². The monoisotopic (exact) mass is 517 g/mol. The molecule has 0 unspecified atom stereocenters. The average Bonchev–Trinajstić information content (AvgIpc) is 3.63. The van der Waals surface area contributed by atoms with Gasteiger partial charge in [-0.05, 0) is 80.7 Å². The quantitative estimate of drug-likeness (QED) is 0.529. The van der Waals surface area contributed by atoms with Gasteiger partial charge < -0.3 is 19.6 Å². The minimum absolute atomic E-state index is 0.244. The summed E-state index contributed by atoms with van der Waals surface area (Å²) in [7, 11) is 0. The van der Waals surface area contributed by atoms with Gasteiger partial charge in [-0.3, -0.25) is 9.69 Å². The molecule has 3 heterocycles. The number of benzene rings is 2. The number of ether oxygens (including phenoxy) is 1. The van der Waals surface area contributed by atoms with Gasteiger partial charge in [0.2, 0.25) is 0 Å². The van der Waals surface area contributed by atoms with Crippen LogP contribution in [0.3, 0.4) is 0 Å². The highest BCUT2D eigenvalue weighted by Gasteiger charge is 2.51. The van der Waals surface area contributed by atoms with Crippen molar-refractivity contribution in [2.24, 2.45) is 10.6 Å². The Morgan fingerprint density at radius 3 is 2.58 bits per heavy atom. The predicted molar refractivity (Wildman–Crippen MR) is 147 cm³/mol. The summed E-state index contributed by atoms with van der Waals surface area (Å²) in [6, 6.07) is 13.3. The van der Waals surface area contributed by atoms with E-state index < -0.39 is 11.4 Å². The first-order valence-electron chi connectivity index (χ1n) is 14.1. The standard InChI is InChI=1S/C31H39N3O4/c1-4-37-26-16-22(15-25(23-9-10-23)28(26)24-8-6-5-7-21(24)2)18-33-19-31(20-33)17-27(32-38-31)34-13-11-30(3,12-14-34)29(35)36/h5-8,15-16,23H,4,9-14,17-20H2,1-3H3,(H,35,36). The van der Waals surface area contributed by atoms with Gasteiger partial charge in [0, 0.05) is 38.3 Å². The summed E-state index contributed by atoms with van der Waals surface area (Å²) in [4.78, 5) is 22.2. The molecule has 3 aliphatic heterocycles. The molecule has 2 aromatic carbocycles. The van der Waals surface area contributed by atoms with Crippen LogP contribution in [-0.4, -0.2) is 65.1 Å². The molecule has 1 aliphatic carbocycles. The Balaban J connectivity index is 1.13. The Kier molecular flexibility index (Phi) is 6.37. The van der Waals surface area contributed by atoms with E-state index >= 15 is 0 Å². The van der Waals surface area contributed by atoms with Gasteiger partial charge in [0.1, 0.15) is 11.6 Å². The van der Waals surface area contributed by atoms with Gasteiger partial charge in [0.15, 0.2) is 5.60 Å². The van der Waals surface area contributed by atoms with Gasteiger partial charge >= 0.3 is 5.97 Å². The lowest BCUT2D eigenvalue weighted by molar-refractivity contribution is -0.150. The second kappa shape index (κ2) is 9.60. The third-order valence-electron chi connectivity index (χ3n) is 8.93. The van der Waals surface area contributed by atoms with Crippen molar-refractivity contribution in [2.45, 2.75) is 70.9 Å². The number of rotatable bonds is 7. The van der Waals surface area contributed by atoms with Crippen LogP contribution in [-0.2, 0) is 16.2 Å². The van der Waals surface area contributed by atoms with Gasteiger partial charge in [0.25, 0.3) is 0 Å². The number of carboxylic acid groups (broad SMARTS) is 1. The Morgan fingerprint density at radius 1 is 1.18 bits per heavy atom. The van der Waals surface area contributed by atoms with Crippen LogP contribution < -0.4 is 4.74 Å². The lowest BCUT2D eigenvalue weighted by Gasteiger charge is -2.46. The third kappa shape index (κ3) is 4.66. The molecule has 4 aliphatic rings. The number of aryl methyl sites for hydroxylation is 1. The second-order valence-corrected chi connectivity index (χ2v) is 12.0. The highest BCUT2D eigenvalue weighted by Crippen LogP contribution is 2.49. The van der Waals surface area contributed by atoms with Crippen LogP contribution in [0, 0.1) is 12.3 Å². The van der Waals surface area contributed by atoms with E-state index in [1.807, 2.05) is 6.92 Å². The zero-order valence-corrected chi connectivity index (χ0v) is 22.8. The lowest BCUT2D eigenvalue weighted by atomic mass is 9.80. The van der Waals surface area contributed by atoms with E-state index in [9.17, 15) is 9.90 Å². The van der Waals surface area contributed by atoms with Crippen LogP contribution in [0.2, 0.25) is 0 Å². The molecule has 0 amide bonds. The number of hydrogen-bond donors (Lipinski definition) is 1. The van der Waals surface area contributed by atoms with E-state index in [4.69, 9.17) is 9.57 Å². The molecule has 0 bridgehead atoms. The van der Waals surface area contributed by atoms with Crippen molar-refractivity contribution in [1.29, 1.82) is 0 Å². The molecule has 3 fully saturated rings. The van der Waals surface area contributed by atoms with Crippen molar-refractivity contribution in [3.05, 3.63) is 53.1 Å². The summed E-state index contributed by atoms with van der Waals surface area (Å²) < 4.78 is 6.24. The number of aliphatic carboxylic acids is 1. The van der Waals surface area contributed by atoms with Crippen LogP contribution in [0.5, 0.6) is 5.75 Å². The molecule has 202 valence electrons. The number of nitrogens with zero attached hydrogens (tertiary/aromatic N) is 3. The van der Waals surface area contributed by atoms with Crippen LogP contribution in [0.4, 0.5) is 0 Å². The maximum Gasteiger partial charge on any atom is 0.309 e. The fourth-order valence-electron chi connectivity index (χ4n) is 6.37. The van der Waals surface area contributed by atoms with Crippen molar-refractivity contribution in [1.82, 2.24) is 9.80 Å². The Morgan fingerprint density at radius 2 is 1.92 bits per heavy atom. The number of carbonyl (C=O) groups is 1. The molecule has 0 aromatic heterocycles. The maximum absolute atomic E-state index is 11.6. The average molecular weight is 518 g/mol. The summed E-state index contributed by atoms with van der Waals surface area (Å²) >= 11 is 0. The van der Waals surface area contributed by atoms with E-state index in [1.165, 1.54) is 40.7 Å². The molecule has 0 radical (unpaired) electrons. The van der Waals surface area contributed by atoms with Crippen molar-refractivity contribution in [3.63, 3.8) is 0 Å². The Labute approximate surface area is 225 Å². The topological polar surface area (TPSA) is 74.6 Å². The summed E-state index contributed by atoms with van der Waals surface area (Å²) in [5.74, 6) is 1.90. The molecular formula is C31H39N3O4. The van der Waals surface area contributed by atoms with Crippen LogP contribution >= 0.6 is 0 Å². The molecule has 0 atom stereocenters. The highest BCUT2D eigenvalue weighted by atomic mass is 16.7. The summed E-state index contributed by atoms with van der Waals surface area (Å²) in [5, 5.41) is 14.0. The number of likely N-dealkylation sites (tertiary alicyclic amines) is 2. The highest BCUT2D eigenvalue weighted by molar-refractivity contribution is 5.85. The Hall–Kier alpha value is -3.06. The first kappa shape index (κ1) is 25.2. The van der Waals surface area contributed by atoms with E-state index in [1.54, 1.807) is 0 Å².